The molecule has 3 unspecified atom stereocenters. The van der Waals surface area contributed by atoms with Crippen LogP contribution in [0, 0.1) is 5.92 Å². The van der Waals surface area contributed by atoms with E-state index in [0.717, 1.165) is 23.2 Å². The van der Waals surface area contributed by atoms with E-state index in [9.17, 15) is 13.5 Å². The fraction of sp³-hybridized carbons (Fsp3) is 0.200. The van der Waals surface area contributed by atoms with Crippen LogP contribution in [0.4, 0.5) is 11.4 Å². The molecular weight excluding hydrogens is 424 g/mol. The van der Waals surface area contributed by atoms with Crippen molar-refractivity contribution in [3.63, 3.8) is 0 Å². The molecule has 1 aliphatic carbocycles. The number of ether oxygens (including phenoxy) is 1. The number of anilines is 2. The average molecular weight is 449 g/mol. The molecule has 0 radical (unpaired) electrons. The SMILES string of the molecule is COc1ccc(C2Nc3ccc(S(=O)(=O)Nc4ccccc4)cc3C3C=CCC32)cc1O. The molecule has 0 aromatic heterocycles. The van der Waals surface area contributed by atoms with Crippen molar-refractivity contribution in [1.29, 1.82) is 0 Å². The number of rotatable bonds is 5. The van der Waals surface area contributed by atoms with Crippen LogP contribution in [0.25, 0.3) is 0 Å². The van der Waals surface area contributed by atoms with Crippen LogP contribution in [0.5, 0.6) is 11.5 Å². The minimum Gasteiger partial charge on any atom is -0.504 e. The third kappa shape index (κ3) is 3.58. The largest absolute Gasteiger partial charge is 0.504 e. The molecule has 3 aromatic rings. The van der Waals surface area contributed by atoms with Gasteiger partial charge in [0, 0.05) is 17.3 Å². The Labute approximate surface area is 187 Å². The highest BCUT2D eigenvalue weighted by atomic mass is 32.2. The lowest BCUT2D eigenvalue weighted by Crippen LogP contribution is -2.29. The minimum atomic E-state index is -3.70. The molecule has 3 aromatic carbocycles. The second-order valence-corrected chi connectivity index (χ2v) is 9.81. The molecular formula is C25H24N2O4S. The predicted molar refractivity (Wildman–Crippen MR) is 125 cm³/mol. The first-order valence-electron chi connectivity index (χ1n) is 10.5. The van der Waals surface area contributed by atoms with Gasteiger partial charge in [0.25, 0.3) is 10.0 Å². The molecule has 1 heterocycles. The van der Waals surface area contributed by atoms with Crippen LogP contribution in [0.3, 0.4) is 0 Å². The summed E-state index contributed by atoms with van der Waals surface area (Å²) in [5.74, 6) is 0.850. The van der Waals surface area contributed by atoms with E-state index in [-0.39, 0.29) is 28.5 Å². The van der Waals surface area contributed by atoms with Gasteiger partial charge in [0.05, 0.1) is 18.0 Å². The van der Waals surface area contributed by atoms with Crippen molar-refractivity contribution in [1.82, 2.24) is 0 Å². The summed E-state index contributed by atoms with van der Waals surface area (Å²) >= 11 is 0. The zero-order valence-corrected chi connectivity index (χ0v) is 18.3. The fourth-order valence-electron chi connectivity index (χ4n) is 4.69. The van der Waals surface area contributed by atoms with E-state index in [0.29, 0.717) is 11.4 Å². The molecule has 0 spiro atoms. The molecule has 7 heteroatoms. The zero-order chi connectivity index (χ0) is 22.3. The monoisotopic (exact) mass is 448 g/mol. The number of methoxy groups -OCH3 is 1. The summed E-state index contributed by atoms with van der Waals surface area (Å²) in [6.07, 6.45) is 5.17. The third-order valence-corrected chi connectivity index (χ3v) is 7.61. The molecule has 6 nitrogen and oxygen atoms in total. The van der Waals surface area contributed by atoms with E-state index < -0.39 is 10.0 Å². The summed E-state index contributed by atoms with van der Waals surface area (Å²) in [7, 11) is -2.18. The van der Waals surface area contributed by atoms with Crippen molar-refractivity contribution in [2.24, 2.45) is 5.92 Å². The number of nitrogens with one attached hydrogen (secondary N) is 2. The predicted octanol–water partition coefficient (Wildman–Crippen LogP) is 5.03. The number of aromatic hydroxyl groups is 1. The normalized spacial score (nSPS) is 21.3. The number of hydrogen-bond acceptors (Lipinski definition) is 5. The van der Waals surface area contributed by atoms with Gasteiger partial charge in [0.1, 0.15) is 0 Å². The van der Waals surface area contributed by atoms with Gasteiger partial charge in [-0.2, -0.15) is 0 Å². The highest BCUT2D eigenvalue weighted by molar-refractivity contribution is 7.92. The number of allylic oxidation sites excluding steroid dienone is 2. The van der Waals surface area contributed by atoms with Gasteiger partial charge in [-0.15, -0.1) is 0 Å². The van der Waals surface area contributed by atoms with Gasteiger partial charge in [-0.3, -0.25) is 4.72 Å². The van der Waals surface area contributed by atoms with Gasteiger partial charge in [-0.1, -0.05) is 36.4 Å². The Balaban J connectivity index is 1.49. The van der Waals surface area contributed by atoms with Crippen LogP contribution in [-0.4, -0.2) is 20.6 Å². The summed E-state index contributed by atoms with van der Waals surface area (Å²) in [5, 5.41) is 13.8. The Morgan fingerprint density at radius 3 is 2.62 bits per heavy atom. The van der Waals surface area contributed by atoms with Crippen LogP contribution in [0.15, 0.2) is 83.8 Å². The van der Waals surface area contributed by atoms with Crippen molar-refractivity contribution in [2.45, 2.75) is 23.3 Å². The first kappa shape index (κ1) is 20.5. The lowest BCUT2D eigenvalue weighted by Gasteiger charge is -2.37. The number of phenols is 1. The number of sulfonamides is 1. The number of hydrogen-bond donors (Lipinski definition) is 3. The van der Waals surface area contributed by atoms with Gasteiger partial charge >= 0.3 is 0 Å². The summed E-state index contributed by atoms with van der Waals surface area (Å²) < 4.78 is 33.8. The van der Waals surface area contributed by atoms with Crippen LogP contribution in [0.2, 0.25) is 0 Å². The second-order valence-electron chi connectivity index (χ2n) is 8.13. The number of para-hydroxylation sites is 1. The molecule has 164 valence electrons. The second kappa shape index (κ2) is 7.91. The summed E-state index contributed by atoms with van der Waals surface area (Å²) in [5.41, 5.74) is 3.36. The molecule has 0 bridgehead atoms. The van der Waals surface area contributed by atoms with E-state index >= 15 is 0 Å². The van der Waals surface area contributed by atoms with Crippen molar-refractivity contribution < 1.29 is 18.3 Å². The molecule has 32 heavy (non-hydrogen) atoms. The quantitative estimate of drug-likeness (QED) is 0.477. The summed E-state index contributed by atoms with van der Waals surface area (Å²) in [6.45, 7) is 0. The molecule has 2 aliphatic rings. The van der Waals surface area contributed by atoms with Crippen LogP contribution < -0.4 is 14.8 Å². The average Bonchev–Trinajstić information content (AvgIpc) is 3.29. The lowest BCUT2D eigenvalue weighted by molar-refractivity contribution is 0.371. The highest BCUT2D eigenvalue weighted by Crippen LogP contribution is 2.50. The van der Waals surface area contributed by atoms with E-state index in [1.807, 2.05) is 18.2 Å². The van der Waals surface area contributed by atoms with Gasteiger partial charge in [0.15, 0.2) is 11.5 Å². The molecule has 5 rings (SSSR count). The van der Waals surface area contributed by atoms with E-state index in [1.54, 1.807) is 48.5 Å². The Morgan fingerprint density at radius 1 is 1.06 bits per heavy atom. The van der Waals surface area contributed by atoms with E-state index in [4.69, 9.17) is 4.74 Å². The van der Waals surface area contributed by atoms with Crippen molar-refractivity contribution in [2.75, 3.05) is 17.1 Å². The Morgan fingerprint density at radius 2 is 1.88 bits per heavy atom. The maximum Gasteiger partial charge on any atom is 0.261 e. The minimum absolute atomic E-state index is 0.00999. The number of phenolic OH excluding ortho intramolecular Hbond substituents is 1. The molecule has 0 fully saturated rings. The summed E-state index contributed by atoms with van der Waals surface area (Å²) in [6, 6.07) is 19.5. The Kier molecular flexibility index (Phi) is 5.06. The molecule has 1 aliphatic heterocycles. The Bertz CT molecular complexity index is 1290. The highest BCUT2D eigenvalue weighted by Gasteiger charge is 2.38. The topological polar surface area (TPSA) is 87.7 Å². The molecule has 0 saturated carbocycles. The number of benzene rings is 3. The maximum absolute atomic E-state index is 13.0. The van der Waals surface area contributed by atoms with Gasteiger partial charge < -0.3 is 15.2 Å². The van der Waals surface area contributed by atoms with Crippen molar-refractivity contribution in [3.05, 3.63) is 90.0 Å². The zero-order valence-electron chi connectivity index (χ0n) is 17.5. The van der Waals surface area contributed by atoms with Crippen molar-refractivity contribution >= 4 is 21.4 Å². The Hall–Kier alpha value is -3.45. The molecule has 3 N–H and O–H groups in total. The first-order chi connectivity index (χ1) is 15.5. The smallest absolute Gasteiger partial charge is 0.261 e. The lowest BCUT2D eigenvalue weighted by atomic mass is 9.77. The van der Waals surface area contributed by atoms with Gasteiger partial charge in [-0.25, -0.2) is 8.42 Å². The van der Waals surface area contributed by atoms with Crippen LogP contribution >= 0.6 is 0 Å². The number of fused-ring (bicyclic) bond motifs is 3. The molecule has 0 amide bonds. The molecule has 3 atom stereocenters. The van der Waals surface area contributed by atoms with E-state index in [1.165, 1.54) is 7.11 Å². The maximum atomic E-state index is 13.0. The fourth-order valence-corrected chi connectivity index (χ4v) is 5.78. The van der Waals surface area contributed by atoms with Gasteiger partial charge in [0.2, 0.25) is 0 Å². The molecule has 0 saturated heterocycles. The third-order valence-electron chi connectivity index (χ3n) is 6.23. The summed E-state index contributed by atoms with van der Waals surface area (Å²) in [4.78, 5) is 0.237. The first-order valence-corrected chi connectivity index (χ1v) is 12.0. The van der Waals surface area contributed by atoms with Crippen molar-refractivity contribution in [3.8, 4) is 11.5 Å². The van der Waals surface area contributed by atoms with Gasteiger partial charge in [-0.05, 0) is 65.9 Å². The standard InChI is InChI=1S/C25H24N2O4S/c1-31-24-13-10-16(14-23(24)28)25-20-9-5-8-19(20)21-15-18(11-12-22(21)26-25)32(29,30)27-17-6-3-2-4-7-17/h2-8,10-15,19-20,25-28H,9H2,1H3. The van der Waals surface area contributed by atoms with Crippen LogP contribution in [-0.2, 0) is 10.0 Å². The van der Waals surface area contributed by atoms with E-state index in [2.05, 4.69) is 22.2 Å². The van der Waals surface area contributed by atoms with Crippen LogP contribution in [0.1, 0.15) is 29.5 Å².